The Bertz CT molecular complexity index is 1070. The van der Waals surface area contributed by atoms with Gasteiger partial charge in [-0.25, -0.2) is 0 Å². The highest BCUT2D eigenvalue weighted by molar-refractivity contribution is 5.63. The van der Waals surface area contributed by atoms with E-state index in [4.69, 9.17) is 4.52 Å². The van der Waals surface area contributed by atoms with E-state index in [1.54, 1.807) is 12.1 Å². The van der Waals surface area contributed by atoms with Crippen LogP contribution in [0.4, 0.5) is 5.69 Å². The summed E-state index contributed by atoms with van der Waals surface area (Å²) in [4.78, 5) is 14.8. The molecule has 1 heterocycles. The molecule has 0 aliphatic rings. The molecule has 0 bridgehead atoms. The fraction of sp³-hybridized carbons (Fsp3) is 0.0476. The molecule has 4 aromatic rings. The summed E-state index contributed by atoms with van der Waals surface area (Å²) in [7, 11) is 0. The van der Waals surface area contributed by atoms with Gasteiger partial charge in [-0.15, -0.1) is 0 Å². The van der Waals surface area contributed by atoms with E-state index in [-0.39, 0.29) is 5.69 Å². The minimum absolute atomic E-state index is 0.00430. The van der Waals surface area contributed by atoms with Crippen molar-refractivity contribution in [3.8, 4) is 22.5 Å². The average Bonchev–Trinajstić information content (AvgIpc) is 3.18. The third-order valence-corrected chi connectivity index (χ3v) is 4.20. The molecule has 0 radical (unpaired) electrons. The van der Waals surface area contributed by atoms with Gasteiger partial charge in [0.25, 0.3) is 5.69 Å². The van der Waals surface area contributed by atoms with Crippen molar-refractivity contribution >= 4 is 5.69 Å². The number of nitro groups is 1. The molecule has 6 heteroatoms. The lowest BCUT2D eigenvalue weighted by Gasteiger charge is -2.02. The van der Waals surface area contributed by atoms with Gasteiger partial charge in [0, 0.05) is 17.7 Å². The molecule has 27 heavy (non-hydrogen) atoms. The van der Waals surface area contributed by atoms with Gasteiger partial charge in [0.1, 0.15) is 0 Å². The van der Waals surface area contributed by atoms with E-state index in [0.29, 0.717) is 23.7 Å². The summed E-state index contributed by atoms with van der Waals surface area (Å²) >= 11 is 0. The lowest BCUT2D eigenvalue weighted by molar-refractivity contribution is -0.384. The zero-order valence-electron chi connectivity index (χ0n) is 14.3. The maximum atomic E-state index is 10.9. The average molecular weight is 357 g/mol. The number of non-ortho nitro benzene ring substituents is 1. The highest BCUT2D eigenvalue weighted by Gasteiger charge is 2.13. The Balaban J connectivity index is 1.51. The van der Waals surface area contributed by atoms with E-state index in [2.05, 4.69) is 34.4 Å². The largest absolute Gasteiger partial charge is 0.339 e. The second kappa shape index (κ2) is 7.21. The second-order valence-electron chi connectivity index (χ2n) is 6.06. The normalized spacial score (nSPS) is 10.7. The second-order valence-corrected chi connectivity index (χ2v) is 6.06. The van der Waals surface area contributed by atoms with Crippen LogP contribution in [0.15, 0.2) is 83.4 Å². The molecule has 0 aliphatic carbocycles. The first-order valence-corrected chi connectivity index (χ1v) is 8.41. The van der Waals surface area contributed by atoms with Crippen LogP contribution in [-0.2, 0) is 6.42 Å². The summed E-state index contributed by atoms with van der Waals surface area (Å²) in [5.74, 6) is 0.804. The lowest BCUT2D eigenvalue weighted by Crippen LogP contribution is -1.90. The Morgan fingerprint density at radius 3 is 2.30 bits per heavy atom. The van der Waals surface area contributed by atoms with Crippen molar-refractivity contribution < 1.29 is 9.45 Å². The Hall–Kier alpha value is -3.80. The summed E-state index contributed by atoms with van der Waals surface area (Å²) in [6.07, 6.45) is 0.497. The minimum Gasteiger partial charge on any atom is -0.339 e. The summed E-state index contributed by atoms with van der Waals surface area (Å²) in [6.45, 7) is 0. The van der Waals surface area contributed by atoms with Crippen molar-refractivity contribution in [3.05, 3.63) is 100 Å². The number of nitrogens with zero attached hydrogens (tertiary/aromatic N) is 3. The molecule has 1 aromatic heterocycles. The Morgan fingerprint density at radius 1 is 0.852 bits per heavy atom. The first-order chi connectivity index (χ1) is 13.2. The summed E-state index contributed by atoms with van der Waals surface area (Å²) in [5, 5.41) is 14.8. The van der Waals surface area contributed by atoms with Gasteiger partial charge in [-0.2, -0.15) is 4.98 Å². The number of hydrogen-bond acceptors (Lipinski definition) is 5. The molecule has 132 valence electrons. The van der Waals surface area contributed by atoms with Gasteiger partial charge in [0.05, 0.1) is 11.3 Å². The van der Waals surface area contributed by atoms with Crippen molar-refractivity contribution in [2.75, 3.05) is 0 Å². The zero-order chi connectivity index (χ0) is 18.6. The fourth-order valence-corrected chi connectivity index (χ4v) is 2.82. The van der Waals surface area contributed by atoms with Crippen LogP contribution in [-0.4, -0.2) is 15.1 Å². The number of aromatic nitrogens is 2. The molecule has 6 nitrogen and oxygen atoms in total. The minimum atomic E-state index is -0.446. The Kier molecular flexibility index (Phi) is 4.45. The quantitative estimate of drug-likeness (QED) is 0.375. The molecule has 0 spiro atoms. The van der Waals surface area contributed by atoms with Gasteiger partial charge >= 0.3 is 0 Å². The number of hydrogen-bond donors (Lipinski definition) is 0. The summed E-state index contributed by atoms with van der Waals surface area (Å²) in [6, 6.07) is 24.5. The fourth-order valence-electron chi connectivity index (χ4n) is 2.82. The predicted molar refractivity (Wildman–Crippen MR) is 101 cm³/mol. The topological polar surface area (TPSA) is 82.1 Å². The third kappa shape index (κ3) is 3.74. The lowest BCUT2D eigenvalue weighted by atomic mass is 10.0. The first kappa shape index (κ1) is 16.7. The van der Waals surface area contributed by atoms with E-state index in [1.807, 2.05) is 30.3 Å². The zero-order valence-corrected chi connectivity index (χ0v) is 14.3. The van der Waals surface area contributed by atoms with Crippen molar-refractivity contribution in [1.29, 1.82) is 0 Å². The van der Waals surface area contributed by atoms with E-state index < -0.39 is 4.92 Å². The molecule has 0 atom stereocenters. The Labute approximate surface area is 155 Å². The molecule has 3 aromatic carbocycles. The van der Waals surface area contributed by atoms with Gasteiger partial charge in [-0.1, -0.05) is 71.9 Å². The number of benzene rings is 3. The molecule has 0 aliphatic heterocycles. The van der Waals surface area contributed by atoms with Crippen LogP contribution in [0, 0.1) is 10.1 Å². The molecule has 0 saturated heterocycles. The van der Waals surface area contributed by atoms with Crippen molar-refractivity contribution in [3.63, 3.8) is 0 Å². The van der Waals surface area contributed by atoms with Crippen molar-refractivity contribution in [2.45, 2.75) is 6.42 Å². The molecular weight excluding hydrogens is 342 g/mol. The van der Waals surface area contributed by atoms with Gasteiger partial charge in [0.15, 0.2) is 0 Å². The molecule has 4 rings (SSSR count). The van der Waals surface area contributed by atoms with E-state index in [9.17, 15) is 10.1 Å². The van der Waals surface area contributed by atoms with Crippen LogP contribution >= 0.6 is 0 Å². The third-order valence-electron chi connectivity index (χ3n) is 4.20. The monoisotopic (exact) mass is 357 g/mol. The molecule has 0 saturated carbocycles. The smallest absolute Gasteiger partial charge is 0.270 e. The van der Waals surface area contributed by atoms with Crippen LogP contribution < -0.4 is 0 Å². The van der Waals surface area contributed by atoms with Crippen molar-refractivity contribution in [2.24, 2.45) is 0 Å². The summed E-state index contributed by atoms with van der Waals surface area (Å²) in [5.41, 5.74) is 3.90. The van der Waals surface area contributed by atoms with Crippen LogP contribution in [0.25, 0.3) is 22.5 Å². The predicted octanol–water partition coefficient (Wildman–Crippen LogP) is 4.90. The van der Waals surface area contributed by atoms with Gasteiger partial charge < -0.3 is 4.52 Å². The van der Waals surface area contributed by atoms with Gasteiger partial charge in [-0.3, -0.25) is 10.1 Å². The first-order valence-electron chi connectivity index (χ1n) is 8.41. The van der Waals surface area contributed by atoms with Crippen LogP contribution in [0.2, 0.25) is 0 Å². The van der Waals surface area contributed by atoms with E-state index in [1.165, 1.54) is 12.1 Å². The number of rotatable bonds is 5. The molecule has 0 amide bonds. The van der Waals surface area contributed by atoms with Crippen LogP contribution in [0.5, 0.6) is 0 Å². The summed E-state index contributed by atoms with van der Waals surface area (Å²) < 4.78 is 5.31. The highest BCUT2D eigenvalue weighted by Crippen LogP contribution is 2.23. The Morgan fingerprint density at radius 2 is 1.56 bits per heavy atom. The van der Waals surface area contributed by atoms with Crippen LogP contribution in [0.3, 0.4) is 0 Å². The van der Waals surface area contributed by atoms with Gasteiger partial charge in [-0.05, 0) is 16.7 Å². The van der Waals surface area contributed by atoms with Crippen LogP contribution in [0.1, 0.15) is 11.5 Å². The van der Waals surface area contributed by atoms with E-state index in [0.717, 1.165) is 16.7 Å². The molecular formula is C21H15N3O3. The SMILES string of the molecule is O=[N+]([O-])c1cccc(-c2noc(Cc3ccc(-c4ccccc4)cc3)n2)c1. The maximum Gasteiger partial charge on any atom is 0.270 e. The molecule has 0 N–H and O–H groups in total. The van der Waals surface area contributed by atoms with Crippen molar-refractivity contribution in [1.82, 2.24) is 10.1 Å². The van der Waals surface area contributed by atoms with E-state index >= 15 is 0 Å². The van der Waals surface area contributed by atoms with Gasteiger partial charge in [0.2, 0.25) is 11.7 Å². The standard InChI is InChI=1S/C21H15N3O3/c25-24(26)19-8-4-7-18(14-19)21-22-20(27-23-21)13-15-9-11-17(12-10-15)16-5-2-1-3-6-16/h1-12,14H,13H2. The number of nitro benzene ring substituents is 1. The maximum absolute atomic E-state index is 10.9. The molecule has 0 unspecified atom stereocenters. The molecule has 0 fully saturated rings. The highest BCUT2D eigenvalue weighted by atomic mass is 16.6.